The van der Waals surface area contributed by atoms with E-state index in [2.05, 4.69) is 56.2 Å². The summed E-state index contributed by atoms with van der Waals surface area (Å²) in [4.78, 5) is 61.4. The van der Waals surface area contributed by atoms with Crippen molar-refractivity contribution < 1.29 is 42.2 Å². The van der Waals surface area contributed by atoms with E-state index in [1.54, 1.807) is 25.3 Å². The Balaban J connectivity index is 0.000000215. The normalized spacial score (nSPS) is 18.9. The number of aromatic nitrogens is 3. The van der Waals surface area contributed by atoms with Crippen LogP contribution in [0.15, 0.2) is 54.7 Å². The Kier molecular flexibility index (Phi) is 23.6. The van der Waals surface area contributed by atoms with Gasteiger partial charge in [-0.05, 0) is 137 Å². The molecule has 0 bridgehead atoms. The van der Waals surface area contributed by atoms with Crippen molar-refractivity contribution in [1.82, 2.24) is 30.5 Å². The van der Waals surface area contributed by atoms with E-state index in [0.717, 1.165) is 75.3 Å². The molecule has 4 fully saturated rings. The molecule has 0 radical (unpaired) electrons. The largest absolute Gasteiger partial charge is 0.492 e. The van der Waals surface area contributed by atoms with Crippen LogP contribution in [0.3, 0.4) is 0 Å². The van der Waals surface area contributed by atoms with Gasteiger partial charge in [-0.3, -0.25) is 24.8 Å². The van der Waals surface area contributed by atoms with E-state index in [1.807, 2.05) is 65.0 Å². The lowest BCUT2D eigenvalue weighted by Crippen LogP contribution is -2.40. The molecule has 4 atom stereocenters. The molecule has 6 heterocycles. The smallest absolute Gasteiger partial charge is 0.407 e. The van der Waals surface area contributed by atoms with E-state index in [4.69, 9.17) is 14.2 Å². The monoisotopic (exact) mass is 1040 g/mol. The van der Waals surface area contributed by atoms with Gasteiger partial charge in [0, 0.05) is 55.7 Å². The molecule has 2 aromatic heterocycles. The lowest BCUT2D eigenvalue weighted by molar-refractivity contribution is -0.136. The van der Waals surface area contributed by atoms with Crippen molar-refractivity contribution in [2.45, 2.75) is 151 Å². The van der Waals surface area contributed by atoms with Gasteiger partial charge >= 0.3 is 12.1 Å². The van der Waals surface area contributed by atoms with E-state index in [-0.39, 0.29) is 52.6 Å². The number of benzene rings is 3. The molecule has 4 unspecified atom stereocenters. The number of aryl methyl sites for hydroxylation is 3. The van der Waals surface area contributed by atoms with Crippen molar-refractivity contribution in [3.8, 4) is 23.0 Å². The van der Waals surface area contributed by atoms with E-state index >= 15 is 4.39 Å². The van der Waals surface area contributed by atoms with E-state index < -0.39 is 5.82 Å². The minimum absolute atomic E-state index is 0.0805. The topological polar surface area (TPSA) is 165 Å². The number of halogens is 2. The standard InChI is InChI=1S/C26H26F2N4O.C19H28N2O3.C8H13NO2.C4H8O.C2H6/c1-4-17-20(27)11-10-16-8-5-9-18(21(16)17)23-22(28)24-19(13-29-23)25(31-26(30-24)33-3)32-12-6-7-15(2)14-32;1-14-5-8-18(12-15(14)2)23-11-9-20-19(22)24-13-17-7-6-16-4-3-10-21(16)17;1-2-3-6-4-5-7(10)9-8(6)11;1-3-4(2)5;1-2/h5,8-11,13,15H,4,6-7,12,14H2,1-3H3;5,8,12,16-17H,3-4,6-7,9-11,13H2,1-2H3,(H,20,22);6H,2-5H2,1H3,(H,9,10,11);3H2,1-2H3;1-2H3. The van der Waals surface area contributed by atoms with Crippen molar-refractivity contribution in [1.29, 1.82) is 0 Å². The van der Waals surface area contributed by atoms with Crippen molar-refractivity contribution in [3.63, 3.8) is 0 Å². The Morgan fingerprint density at radius 2 is 1.68 bits per heavy atom. The summed E-state index contributed by atoms with van der Waals surface area (Å²) in [7, 11) is 1.48. The number of nitrogens with one attached hydrogen (secondary N) is 2. The number of imide groups is 1. The van der Waals surface area contributed by atoms with Gasteiger partial charge in [0.2, 0.25) is 11.8 Å². The Bertz CT molecular complexity index is 2700. The molecule has 14 nitrogen and oxygen atoms in total. The third-order valence-corrected chi connectivity index (χ3v) is 14.2. The number of hydrogen-bond donors (Lipinski definition) is 2. The number of fused-ring (bicyclic) bond motifs is 3. The first-order chi connectivity index (χ1) is 36.1. The van der Waals surface area contributed by atoms with Gasteiger partial charge in [-0.15, -0.1) is 0 Å². The molecule has 2 N–H and O–H groups in total. The lowest BCUT2D eigenvalue weighted by Gasteiger charge is -2.32. The Morgan fingerprint density at radius 3 is 2.36 bits per heavy atom. The van der Waals surface area contributed by atoms with Crippen LogP contribution in [0.2, 0.25) is 0 Å². The van der Waals surface area contributed by atoms with Gasteiger partial charge in [0.1, 0.15) is 47.6 Å². The van der Waals surface area contributed by atoms with Crippen LogP contribution in [-0.4, -0.2) is 102 Å². The number of rotatable bonds is 13. The summed E-state index contributed by atoms with van der Waals surface area (Å²) in [6.07, 6.45) is 12.8. The zero-order valence-electron chi connectivity index (χ0n) is 46.1. The first kappa shape index (κ1) is 59.6. The number of carbonyl (C=O) groups is 4. The maximum Gasteiger partial charge on any atom is 0.407 e. The molecule has 0 aliphatic carbocycles. The third kappa shape index (κ3) is 16.4. The van der Waals surface area contributed by atoms with Gasteiger partial charge < -0.3 is 29.2 Å². The van der Waals surface area contributed by atoms with Gasteiger partial charge in [-0.25, -0.2) is 13.6 Å². The van der Waals surface area contributed by atoms with Gasteiger partial charge in [0.15, 0.2) is 5.82 Å². The van der Waals surface area contributed by atoms with Crippen LogP contribution >= 0.6 is 0 Å². The molecule has 0 saturated carbocycles. The van der Waals surface area contributed by atoms with Crippen LogP contribution < -0.4 is 25.0 Å². The number of carbonyl (C=O) groups excluding carboxylic acids is 4. The number of hydrogen-bond acceptors (Lipinski definition) is 12. The minimum atomic E-state index is -0.557. The van der Waals surface area contributed by atoms with E-state index in [9.17, 15) is 23.6 Å². The highest BCUT2D eigenvalue weighted by molar-refractivity contribution is 6.01. The van der Waals surface area contributed by atoms with E-state index in [1.165, 1.54) is 43.6 Å². The number of Topliss-reactive ketones (excluding diaryl/α,β-unsaturated/α-hetero) is 1. The maximum atomic E-state index is 16.0. The summed E-state index contributed by atoms with van der Waals surface area (Å²) >= 11 is 0. The molecule has 4 saturated heterocycles. The second-order valence-corrected chi connectivity index (χ2v) is 19.6. The highest BCUT2D eigenvalue weighted by Crippen LogP contribution is 2.38. The molecule has 408 valence electrons. The van der Waals surface area contributed by atoms with Crippen molar-refractivity contribution >= 4 is 51.2 Å². The Hall–Kier alpha value is -6.29. The average Bonchev–Trinajstić information content (AvgIpc) is 4.05. The predicted molar refractivity (Wildman–Crippen MR) is 293 cm³/mol. The number of pyridine rings is 1. The second kappa shape index (κ2) is 29.7. The number of anilines is 1. The SMILES string of the molecule is CC.CCC(C)=O.CCCC1CCC(=O)NC1=O.CCc1c(F)ccc2cccc(-c3ncc4c(N5CCCC(C)C5)nc(OC)nc4c3F)c12.Cc1ccc(OCCNC(=O)OCC2CCC3CCCN32)cc1C. The van der Waals surface area contributed by atoms with Crippen LogP contribution in [0, 0.1) is 37.3 Å². The minimum Gasteiger partial charge on any atom is -0.492 e. The van der Waals surface area contributed by atoms with Crippen molar-refractivity contribution in [2.75, 3.05) is 51.4 Å². The molecule has 9 rings (SSSR count). The summed E-state index contributed by atoms with van der Waals surface area (Å²) in [5, 5.41) is 7.16. The lowest BCUT2D eigenvalue weighted by atomic mass is 9.94. The Morgan fingerprint density at radius 1 is 0.920 bits per heavy atom. The molecule has 4 aliphatic rings. The number of alkyl carbamates (subject to hydrolysis) is 1. The molecule has 5 aromatic rings. The van der Waals surface area contributed by atoms with Crippen LogP contribution in [0.25, 0.3) is 32.9 Å². The summed E-state index contributed by atoms with van der Waals surface area (Å²) < 4.78 is 47.0. The van der Waals surface area contributed by atoms with Crippen LogP contribution in [0.5, 0.6) is 11.8 Å². The second-order valence-electron chi connectivity index (χ2n) is 19.6. The quantitative estimate of drug-likeness (QED) is 0.0848. The fraction of sp³-hybridized carbons (Fsp3) is 0.542. The summed E-state index contributed by atoms with van der Waals surface area (Å²) in [6.45, 7) is 21.9. The summed E-state index contributed by atoms with van der Waals surface area (Å²) in [6, 6.07) is 16.0. The first-order valence-electron chi connectivity index (χ1n) is 27.2. The molecule has 3 amide bonds. The van der Waals surface area contributed by atoms with Gasteiger partial charge in [0.25, 0.3) is 0 Å². The maximum absolute atomic E-state index is 16.0. The number of ketones is 1. The highest BCUT2D eigenvalue weighted by atomic mass is 19.1. The van der Waals surface area contributed by atoms with Gasteiger partial charge in [-0.1, -0.05) is 78.3 Å². The third-order valence-electron chi connectivity index (χ3n) is 14.2. The van der Waals surface area contributed by atoms with Crippen LogP contribution in [-0.2, 0) is 25.5 Å². The number of ether oxygens (including phenoxy) is 3. The number of methoxy groups -OCH3 is 1. The first-order valence-corrected chi connectivity index (χ1v) is 27.2. The molecule has 16 heteroatoms. The molecular weight excluding hydrogens is 957 g/mol. The predicted octanol–water partition coefficient (Wildman–Crippen LogP) is 11.8. The Labute approximate surface area is 443 Å². The van der Waals surface area contributed by atoms with Crippen LogP contribution in [0.1, 0.15) is 136 Å². The molecule has 4 aliphatic heterocycles. The molecule has 75 heavy (non-hydrogen) atoms. The number of piperidine rings is 2. The number of nitrogens with zero attached hydrogens (tertiary/aromatic N) is 5. The van der Waals surface area contributed by atoms with Gasteiger partial charge in [-0.2, -0.15) is 9.97 Å². The van der Waals surface area contributed by atoms with Gasteiger partial charge in [0.05, 0.1) is 19.0 Å². The fourth-order valence-electron chi connectivity index (χ4n) is 9.98. The number of amides is 3. The van der Waals surface area contributed by atoms with E-state index in [0.29, 0.717) is 78.7 Å². The molecule has 3 aromatic carbocycles. The highest BCUT2D eigenvalue weighted by Gasteiger charge is 2.37. The zero-order valence-corrected chi connectivity index (χ0v) is 46.1. The van der Waals surface area contributed by atoms with Crippen molar-refractivity contribution in [3.05, 3.63) is 83.1 Å². The average molecular weight is 1040 g/mol. The fourth-order valence-corrected chi connectivity index (χ4v) is 9.98. The summed E-state index contributed by atoms with van der Waals surface area (Å²) in [5.74, 6) is 1.26. The van der Waals surface area contributed by atoms with Crippen LogP contribution in [0.4, 0.5) is 19.4 Å². The molecular formula is C59H81F2N7O7. The van der Waals surface area contributed by atoms with Crippen molar-refractivity contribution in [2.24, 2.45) is 11.8 Å². The molecule has 0 spiro atoms. The zero-order chi connectivity index (χ0) is 54.6. The summed E-state index contributed by atoms with van der Waals surface area (Å²) in [5.41, 5.74) is 3.85.